The first-order chi connectivity index (χ1) is 9.74. The minimum absolute atomic E-state index is 0.0407. The van der Waals surface area contributed by atoms with Crippen LogP contribution in [0.15, 0.2) is 18.2 Å². The van der Waals surface area contributed by atoms with Gasteiger partial charge in [0.2, 0.25) is 5.91 Å². The van der Waals surface area contributed by atoms with Crippen molar-refractivity contribution in [1.82, 2.24) is 0 Å². The molecule has 2 aliphatic rings. The van der Waals surface area contributed by atoms with Crippen LogP contribution in [0.1, 0.15) is 24.8 Å². The van der Waals surface area contributed by atoms with Crippen LogP contribution in [0.3, 0.4) is 0 Å². The molecule has 1 fully saturated rings. The second kappa shape index (κ2) is 5.89. The first-order valence-corrected chi connectivity index (χ1v) is 7.06. The van der Waals surface area contributed by atoms with Crippen molar-refractivity contribution < 1.29 is 18.7 Å². The van der Waals surface area contributed by atoms with E-state index in [2.05, 4.69) is 0 Å². The number of hydrogen-bond acceptors (Lipinski definition) is 3. The summed E-state index contributed by atoms with van der Waals surface area (Å²) in [4.78, 5) is 13.7. The van der Waals surface area contributed by atoms with E-state index in [-0.39, 0.29) is 18.0 Å². The lowest BCUT2D eigenvalue weighted by molar-refractivity contribution is -0.179. The van der Waals surface area contributed by atoms with Crippen LogP contribution in [-0.2, 0) is 20.7 Å². The van der Waals surface area contributed by atoms with Gasteiger partial charge in [-0.3, -0.25) is 4.79 Å². The van der Waals surface area contributed by atoms with Gasteiger partial charge in [-0.15, -0.1) is 0 Å². The standard InChI is InChI=1S/C15H18FNO3/c16-12-4-2-11-3-5-14(18)17(13(11)10-12)7-6-15-19-8-1-9-20-15/h2,4,10,15H,1,3,5-9H2. The molecule has 0 radical (unpaired) electrons. The summed E-state index contributed by atoms with van der Waals surface area (Å²) in [5.74, 6) is -0.271. The Labute approximate surface area is 117 Å². The molecule has 0 aromatic heterocycles. The summed E-state index contributed by atoms with van der Waals surface area (Å²) in [6.07, 6.45) is 2.43. The predicted molar refractivity (Wildman–Crippen MR) is 72.0 cm³/mol. The highest BCUT2D eigenvalue weighted by molar-refractivity contribution is 5.96. The summed E-state index contributed by atoms with van der Waals surface area (Å²) < 4.78 is 24.4. The molecule has 0 spiro atoms. The Hall–Kier alpha value is -1.46. The molecule has 2 heterocycles. The number of carbonyl (C=O) groups excluding carboxylic acids is 1. The van der Waals surface area contributed by atoms with Gasteiger partial charge in [-0.05, 0) is 30.5 Å². The zero-order chi connectivity index (χ0) is 13.9. The molecular formula is C15H18FNO3. The molecule has 108 valence electrons. The third-order valence-corrected chi connectivity index (χ3v) is 3.73. The Balaban J connectivity index is 1.71. The van der Waals surface area contributed by atoms with Crippen LogP contribution >= 0.6 is 0 Å². The van der Waals surface area contributed by atoms with Crippen molar-refractivity contribution >= 4 is 11.6 Å². The minimum Gasteiger partial charge on any atom is -0.353 e. The Morgan fingerprint density at radius 1 is 1.25 bits per heavy atom. The van der Waals surface area contributed by atoms with E-state index in [1.807, 2.05) is 0 Å². The van der Waals surface area contributed by atoms with Gasteiger partial charge < -0.3 is 14.4 Å². The highest BCUT2D eigenvalue weighted by atomic mass is 19.1. The zero-order valence-electron chi connectivity index (χ0n) is 11.3. The predicted octanol–water partition coefficient (Wildman–Crippen LogP) is 2.26. The summed E-state index contributed by atoms with van der Waals surface area (Å²) in [5.41, 5.74) is 1.72. The van der Waals surface area contributed by atoms with Gasteiger partial charge in [0.05, 0.1) is 13.2 Å². The van der Waals surface area contributed by atoms with Gasteiger partial charge >= 0.3 is 0 Å². The van der Waals surface area contributed by atoms with E-state index in [1.54, 1.807) is 11.0 Å². The number of hydrogen-bond donors (Lipinski definition) is 0. The molecule has 2 aliphatic heterocycles. The van der Waals surface area contributed by atoms with Gasteiger partial charge in [0.25, 0.3) is 0 Å². The van der Waals surface area contributed by atoms with Crippen LogP contribution in [0.5, 0.6) is 0 Å². The Morgan fingerprint density at radius 2 is 2.05 bits per heavy atom. The fourth-order valence-corrected chi connectivity index (χ4v) is 2.69. The molecule has 1 amide bonds. The molecule has 1 aromatic rings. The largest absolute Gasteiger partial charge is 0.353 e. The highest BCUT2D eigenvalue weighted by Crippen LogP contribution is 2.29. The molecule has 20 heavy (non-hydrogen) atoms. The first-order valence-electron chi connectivity index (χ1n) is 7.06. The van der Waals surface area contributed by atoms with Crippen LogP contribution < -0.4 is 4.90 Å². The lowest BCUT2D eigenvalue weighted by Crippen LogP contribution is -2.38. The molecule has 0 atom stereocenters. The van der Waals surface area contributed by atoms with Gasteiger partial charge in [-0.25, -0.2) is 4.39 Å². The van der Waals surface area contributed by atoms with Crippen molar-refractivity contribution in [3.8, 4) is 0 Å². The van der Waals surface area contributed by atoms with Crippen molar-refractivity contribution in [2.75, 3.05) is 24.7 Å². The van der Waals surface area contributed by atoms with E-state index in [0.717, 1.165) is 12.0 Å². The van der Waals surface area contributed by atoms with Crippen molar-refractivity contribution in [2.45, 2.75) is 32.0 Å². The van der Waals surface area contributed by atoms with Gasteiger partial charge in [0.1, 0.15) is 5.82 Å². The van der Waals surface area contributed by atoms with Crippen LogP contribution in [-0.4, -0.2) is 32.0 Å². The summed E-state index contributed by atoms with van der Waals surface area (Å²) in [6, 6.07) is 4.65. The SMILES string of the molecule is O=C1CCc2ccc(F)cc2N1CCC1OCCCO1. The molecule has 5 heteroatoms. The van der Waals surface area contributed by atoms with Gasteiger partial charge in [-0.1, -0.05) is 6.07 Å². The smallest absolute Gasteiger partial charge is 0.227 e. The topological polar surface area (TPSA) is 38.8 Å². The van der Waals surface area contributed by atoms with Gasteiger partial charge in [0, 0.05) is 25.1 Å². The number of anilines is 1. The van der Waals surface area contributed by atoms with E-state index in [0.29, 0.717) is 44.7 Å². The zero-order valence-corrected chi connectivity index (χ0v) is 11.3. The number of fused-ring (bicyclic) bond motifs is 1. The highest BCUT2D eigenvalue weighted by Gasteiger charge is 2.26. The number of halogens is 1. The van der Waals surface area contributed by atoms with Crippen LogP contribution in [0.4, 0.5) is 10.1 Å². The first kappa shape index (κ1) is 13.5. The average Bonchev–Trinajstić information content (AvgIpc) is 2.47. The van der Waals surface area contributed by atoms with Crippen LogP contribution in [0.25, 0.3) is 0 Å². The molecule has 4 nitrogen and oxygen atoms in total. The van der Waals surface area contributed by atoms with E-state index in [9.17, 15) is 9.18 Å². The molecule has 3 rings (SSSR count). The quantitative estimate of drug-likeness (QED) is 0.852. The Kier molecular flexibility index (Phi) is 3.98. The normalized spacial score (nSPS) is 20.1. The fraction of sp³-hybridized carbons (Fsp3) is 0.533. The van der Waals surface area contributed by atoms with Crippen LogP contribution in [0, 0.1) is 5.82 Å². The summed E-state index contributed by atoms with van der Waals surface area (Å²) in [5, 5.41) is 0. The summed E-state index contributed by atoms with van der Waals surface area (Å²) >= 11 is 0. The molecule has 1 aromatic carbocycles. The van der Waals surface area contributed by atoms with Gasteiger partial charge in [0.15, 0.2) is 6.29 Å². The second-order valence-corrected chi connectivity index (χ2v) is 5.13. The Morgan fingerprint density at radius 3 is 2.85 bits per heavy atom. The number of ether oxygens (including phenoxy) is 2. The van der Waals surface area contributed by atoms with E-state index < -0.39 is 0 Å². The number of aryl methyl sites for hydroxylation is 1. The van der Waals surface area contributed by atoms with Crippen molar-refractivity contribution in [1.29, 1.82) is 0 Å². The lowest BCUT2D eigenvalue weighted by atomic mass is 10.0. The number of benzene rings is 1. The average molecular weight is 279 g/mol. The maximum absolute atomic E-state index is 13.4. The van der Waals surface area contributed by atoms with E-state index in [1.165, 1.54) is 12.1 Å². The van der Waals surface area contributed by atoms with Crippen molar-refractivity contribution in [3.05, 3.63) is 29.6 Å². The molecule has 0 N–H and O–H groups in total. The maximum Gasteiger partial charge on any atom is 0.227 e. The second-order valence-electron chi connectivity index (χ2n) is 5.13. The van der Waals surface area contributed by atoms with Crippen LogP contribution in [0.2, 0.25) is 0 Å². The summed E-state index contributed by atoms with van der Waals surface area (Å²) in [7, 11) is 0. The van der Waals surface area contributed by atoms with E-state index >= 15 is 0 Å². The monoisotopic (exact) mass is 279 g/mol. The molecule has 0 saturated carbocycles. The van der Waals surface area contributed by atoms with Crippen molar-refractivity contribution in [2.24, 2.45) is 0 Å². The third kappa shape index (κ3) is 2.83. The number of amides is 1. The lowest BCUT2D eigenvalue weighted by Gasteiger charge is -2.31. The van der Waals surface area contributed by atoms with E-state index in [4.69, 9.17) is 9.47 Å². The van der Waals surface area contributed by atoms with Gasteiger partial charge in [-0.2, -0.15) is 0 Å². The summed E-state index contributed by atoms with van der Waals surface area (Å²) in [6.45, 7) is 1.90. The molecule has 0 unspecified atom stereocenters. The molecule has 0 aliphatic carbocycles. The molecule has 0 bridgehead atoms. The fourth-order valence-electron chi connectivity index (χ4n) is 2.69. The minimum atomic E-state index is -0.311. The number of carbonyl (C=O) groups is 1. The maximum atomic E-state index is 13.4. The number of nitrogens with zero attached hydrogens (tertiary/aromatic N) is 1. The Bertz CT molecular complexity index is 500. The molecule has 1 saturated heterocycles. The number of rotatable bonds is 3. The third-order valence-electron chi connectivity index (χ3n) is 3.73. The van der Waals surface area contributed by atoms with Crippen molar-refractivity contribution in [3.63, 3.8) is 0 Å². The molecular weight excluding hydrogens is 261 g/mol.